The van der Waals surface area contributed by atoms with Crippen LogP contribution in [0.2, 0.25) is 0 Å². The van der Waals surface area contributed by atoms with Gasteiger partial charge < -0.3 is 16.0 Å². The zero-order chi connectivity index (χ0) is 24.9. The predicted molar refractivity (Wildman–Crippen MR) is 163 cm³/mol. The highest BCUT2D eigenvalue weighted by Crippen LogP contribution is 2.25. The fourth-order valence-corrected chi connectivity index (χ4v) is 5.04. The minimum Gasteiger partial charge on any atom is -0.355 e. The fourth-order valence-electron chi connectivity index (χ4n) is 5.04. The van der Waals surface area contributed by atoms with Crippen LogP contribution in [0.4, 0.5) is 17.5 Å². The maximum Gasteiger partial charge on any atom is 0.234 e. The van der Waals surface area contributed by atoms with Crippen LogP contribution >= 0.6 is 27.0 Å². The highest BCUT2D eigenvalue weighted by molar-refractivity contribution is 7.59. The summed E-state index contributed by atoms with van der Waals surface area (Å²) < 4.78 is 0. The number of hydrogen-bond donors (Lipinski definition) is 3. The van der Waals surface area contributed by atoms with Gasteiger partial charge in [0.25, 0.3) is 0 Å². The van der Waals surface area contributed by atoms with Crippen molar-refractivity contribution in [3.05, 3.63) is 60.6 Å². The van der Waals surface area contributed by atoms with Crippen molar-refractivity contribution in [1.82, 2.24) is 30.1 Å². The molecule has 1 fully saturated rings. The number of nitrogens with one attached hydrogen (secondary N) is 3. The predicted octanol–water partition coefficient (Wildman–Crippen LogP) is 3.33. The van der Waals surface area contributed by atoms with E-state index in [9.17, 15) is 4.79 Å². The first-order chi connectivity index (χ1) is 17.5. The lowest BCUT2D eigenvalue weighted by Gasteiger charge is -2.44. The first kappa shape index (κ1) is 29.7. The molecule has 2 unspecified atom stereocenters. The highest BCUT2D eigenvalue weighted by atomic mass is 32.1. The Morgan fingerprint density at radius 3 is 2.37 bits per heavy atom. The maximum atomic E-state index is 12.5. The van der Waals surface area contributed by atoms with Crippen LogP contribution in [0.3, 0.4) is 0 Å². The molecule has 2 aromatic heterocycles. The molecule has 0 aliphatic carbocycles. The van der Waals surface area contributed by atoms with Crippen LogP contribution in [0.5, 0.6) is 0 Å². The highest BCUT2D eigenvalue weighted by Gasteiger charge is 2.30. The summed E-state index contributed by atoms with van der Waals surface area (Å²) in [5.41, 5.74) is 4.17. The van der Waals surface area contributed by atoms with Crippen LogP contribution in [0.15, 0.2) is 55.0 Å². The van der Waals surface area contributed by atoms with Gasteiger partial charge in [0, 0.05) is 74.6 Å². The van der Waals surface area contributed by atoms with Crippen LogP contribution in [0.25, 0.3) is 11.1 Å². The van der Waals surface area contributed by atoms with E-state index in [1.165, 1.54) is 5.56 Å². The van der Waals surface area contributed by atoms with Crippen LogP contribution in [0, 0.1) is 0 Å². The third-order valence-electron chi connectivity index (χ3n) is 6.81. The van der Waals surface area contributed by atoms with Crippen LogP contribution in [0.1, 0.15) is 25.8 Å². The van der Waals surface area contributed by atoms with Gasteiger partial charge in [0.1, 0.15) is 5.82 Å². The van der Waals surface area contributed by atoms with Gasteiger partial charge in [0.05, 0.1) is 6.54 Å². The Morgan fingerprint density at radius 2 is 1.61 bits per heavy atom. The molecule has 1 amide bonds. The van der Waals surface area contributed by atoms with Crippen molar-refractivity contribution in [2.24, 2.45) is 0 Å². The number of carbonyl (C=O) groups is 1. The molecular formula is C27H38N8OS2. The first-order valence-corrected chi connectivity index (χ1v) is 12.7. The average molecular weight is 555 g/mol. The third-order valence-corrected chi connectivity index (χ3v) is 6.81. The Bertz CT molecular complexity index is 1180. The van der Waals surface area contributed by atoms with Crippen molar-refractivity contribution in [2.75, 3.05) is 43.4 Å². The fraction of sp³-hybridized carbons (Fsp3) is 0.407. The molecular weight excluding hydrogens is 516 g/mol. The molecule has 0 saturated carbocycles. The van der Waals surface area contributed by atoms with Gasteiger partial charge in [-0.1, -0.05) is 12.1 Å². The number of rotatable bonds is 0. The van der Waals surface area contributed by atoms with Gasteiger partial charge in [-0.25, -0.2) is 15.0 Å². The Morgan fingerprint density at radius 1 is 0.868 bits per heavy atom. The van der Waals surface area contributed by atoms with E-state index in [1.54, 1.807) is 6.20 Å². The second-order valence-corrected chi connectivity index (χ2v) is 9.75. The lowest BCUT2D eigenvalue weighted by molar-refractivity contribution is -0.123. The van der Waals surface area contributed by atoms with E-state index in [1.807, 2.05) is 24.5 Å². The van der Waals surface area contributed by atoms with Gasteiger partial charge in [-0.05, 0) is 55.7 Å². The number of amides is 1. The quantitative estimate of drug-likeness (QED) is 0.389. The zero-order valence-corrected chi connectivity index (χ0v) is 23.9. The van der Waals surface area contributed by atoms with Gasteiger partial charge in [-0.15, -0.1) is 0 Å². The molecule has 38 heavy (non-hydrogen) atoms. The van der Waals surface area contributed by atoms with Crippen molar-refractivity contribution in [3.63, 3.8) is 0 Å². The second kappa shape index (κ2) is 13.8. The largest absolute Gasteiger partial charge is 0.355 e. The average Bonchev–Trinajstić information content (AvgIpc) is 2.86. The van der Waals surface area contributed by atoms with Crippen LogP contribution in [-0.2, 0) is 11.3 Å². The number of carbonyl (C=O) groups excluding carboxylic acids is 1. The number of benzene rings is 1. The van der Waals surface area contributed by atoms with Gasteiger partial charge in [0.2, 0.25) is 11.9 Å². The van der Waals surface area contributed by atoms with Crippen LogP contribution < -0.4 is 16.0 Å². The smallest absolute Gasteiger partial charge is 0.234 e. The standard InChI is InChI=1S/C27H34N8O.2H2S/c1-19-15-34-16-20(2)35(19)17-21-5-3-6-24(11-21)33-25-12-22(7-10-28-25)23-13-31-27(32-14-23)30-9-4-8-29-26(36)18-34;;/h3,5-7,10-14,19-20H,4,8-9,15-18H2,1-2H3,(H,28,33)(H,29,36)(H,30,31,32);2*1H2. The number of anilines is 3. The van der Waals surface area contributed by atoms with Crippen LogP contribution in [-0.4, -0.2) is 75.5 Å². The molecule has 0 spiro atoms. The molecule has 9 nitrogen and oxygen atoms in total. The first-order valence-electron chi connectivity index (χ1n) is 12.7. The van der Waals surface area contributed by atoms with Crippen molar-refractivity contribution < 1.29 is 4.79 Å². The molecule has 8 bridgehead atoms. The summed E-state index contributed by atoms with van der Waals surface area (Å²) in [5, 5.41) is 9.74. The summed E-state index contributed by atoms with van der Waals surface area (Å²) >= 11 is 0. The topological polar surface area (TPSA) is 98.3 Å². The molecule has 1 aromatic carbocycles. The summed E-state index contributed by atoms with van der Waals surface area (Å²) in [6, 6.07) is 13.2. The Hall–Kier alpha value is -2.86. The summed E-state index contributed by atoms with van der Waals surface area (Å²) in [4.78, 5) is 30.7. The molecule has 3 N–H and O–H groups in total. The monoisotopic (exact) mass is 554 g/mol. The molecule has 0 radical (unpaired) electrons. The second-order valence-electron chi connectivity index (χ2n) is 9.75. The van der Waals surface area contributed by atoms with E-state index in [0.29, 0.717) is 37.7 Å². The molecule has 5 aliphatic heterocycles. The van der Waals surface area contributed by atoms with E-state index in [4.69, 9.17) is 0 Å². The summed E-state index contributed by atoms with van der Waals surface area (Å²) in [6.07, 6.45) is 6.22. The molecule has 1 saturated heterocycles. The van der Waals surface area contributed by atoms with Gasteiger partial charge in [-0.2, -0.15) is 27.0 Å². The Kier molecular flexibility index (Phi) is 10.8. The van der Waals surface area contributed by atoms with Crippen molar-refractivity contribution in [2.45, 2.75) is 38.9 Å². The third kappa shape index (κ3) is 7.59. The zero-order valence-electron chi connectivity index (χ0n) is 21.9. The minimum absolute atomic E-state index is 0. The SMILES string of the molecule is CC1CN2CC(=O)NCCCNc3ncc(cn3)-c3ccnc(c3)Nc3cccc(c3)CN1C(C)C2.S.S. The Balaban J connectivity index is 0.00000200. The molecule has 204 valence electrons. The summed E-state index contributed by atoms with van der Waals surface area (Å²) in [7, 11) is 0. The van der Waals surface area contributed by atoms with Gasteiger partial charge in [-0.3, -0.25) is 14.6 Å². The lowest BCUT2D eigenvalue weighted by atomic mass is 10.1. The molecule has 3 aromatic rings. The lowest BCUT2D eigenvalue weighted by Crippen LogP contribution is -2.57. The molecule has 2 atom stereocenters. The number of hydrogen-bond acceptors (Lipinski definition) is 8. The van der Waals surface area contributed by atoms with Gasteiger partial charge in [0.15, 0.2) is 0 Å². The molecule has 11 heteroatoms. The van der Waals surface area contributed by atoms with E-state index in [0.717, 1.165) is 48.7 Å². The van der Waals surface area contributed by atoms with E-state index in [-0.39, 0.29) is 32.9 Å². The maximum absolute atomic E-state index is 12.5. The van der Waals surface area contributed by atoms with E-state index >= 15 is 0 Å². The van der Waals surface area contributed by atoms with Crippen molar-refractivity contribution in [3.8, 4) is 11.1 Å². The van der Waals surface area contributed by atoms with Gasteiger partial charge >= 0.3 is 0 Å². The van der Waals surface area contributed by atoms with E-state index < -0.39 is 0 Å². The molecule has 8 rings (SSSR count). The number of aromatic nitrogens is 3. The number of piperazine rings is 1. The number of pyridine rings is 1. The molecule has 5 aliphatic rings. The van der Waals surface area contributed by atoms with E-state index in [2.05, 4.69) is 78.8 Å². The minimum atomic E-state index is 0. The molecule has 7 heterocycles. The summed E-state index contributed by atoms with van der Waals surface area (Å²) in [5.74, 6) is 1.43. The normalized spacial score (nSPS) is 23.6. The summed E-state index contributed by atoms with van der Waals surface area (Å²) in [6.45, 7) is 8.86. The Labute approximate surface area is 238 Å². The van der Waals surface area contributed by atoms with Crippen molar-refractivity contribution in [1.29, 1.82) is 0 Å². The number of nitrogens with zero attached hydrogens (tertiary/aromatic N) is 5. The van der Waals surface area contributed by atoms with Crippen molar-refractivity contribution >= 4 is 50.4 Å².